The molecule has 0 aliphatic rings. The van der Waals surface area contributed by atoms with Gasteiger partial charge >= 0.3 is 5.97 Å². The number of ether oxygens (including phenoxy) is 1. The second-order valence-electron chi connectivity index (χ2n) is 3.09. The topological polar surface area (TPSA) is 46.5 Å². The third-order valence-electron chi connectivity index (χ3n) is 1.83. The van der Waals surface area contributed by atoms with Crippen LogP contribution >= 0.6 is 11.8 Å². The van der Waals surface area contributed by atoms with Gasteiger partial charge in [-0.2, -0.15) is 11.8 Å². The number of rotatable bonds is 6. The first-order chi connectivity index (χ1) is 7.72. The van der Waals surface area contributed by atoms with Crippen LogP contribution in [-0.4, -0.2) is 29.7 Å². The van der Waals surface area contributed by atoms with E-state index in [2.05, 4.69) is 0 Å². The van der Waals surface area contributed by atoms with Gasteiger partial charge < -0.3 is 9.84 Å². The molecule has 0 saturated heterocycles. The zero-order valence-corrected chi connectivity index (χ0v) is 9.87. The zero-order chi connectivity index (χ0) is 11.8. The summed E-state index contributed by atoms with van der Waals surface area (Å²) in [4.78, 5) is 10.3. The molecule has 1 aromatic carbocycles. The molecule has 86 valence electrons. The number of hydrogen-bond donors (Lipinski definition) is 1. The second kappa shape index (κ2) is 6.95. The Balaban J connectivity index is 2.60. The van der Waals surface area contributed by atoms with E-state index in [1.54, 1.807) is 17.8 Å². The molecule has 1 aromatic rings. The normalized spacial score (nSPS) is 10.6. The fourth-order valence-electron chi connectivity index (χ4n) is 1.12. The Labute approximate surface area is 99.1 Å². The van der Waals surface area contributed by atoms with Gasteiger partial charge in [0.15, 0.2) is 0 Å². The molecule has 0 radical (unpaired) electrons. The van der Waals surface area contributed by atoms with Crippen molar-refractivity contribution in [3.8, 4) is 5.75 Å². The first-order valence-corrected chi connectivity index (χ1v) is 6.24. The van der Waals surface area contributed by atoms with Crippen molar-refractivity contribution in [3.05, 3.63) is 35.9 Å². The van der Waals surface area contributed by atoms with Crippen molar-refractivity contribution in [2.75, 3.05) is 18.6 Å². The van der Waals surface area contributed by atoms with E-state index in [1.165, 1.54) is 0 Å². The minimum Gasteiger partial charge on any atom is -0.493 e. The number of aliphatic carboxylic acids is 1. The molecule has 0 unspecified atom stereocenters. The number of carbonyl (C=O) groups is 1. The SMILES string of the molecule is CSCCOc1cccc(/C=C/C(=O)O)c1. The highest BCUT2D eigenvalue weighted by atomic mass is 32.2. The van der Waals surface area contributed by atoms with Gasteiger partial charge in [-0.05, 0) is 30.0 Å². The van der Waals surface area contributed by atoms with Gasteiger partial charge in [0.25, 0.3) is 0 Å². The molecule has 0 amide bonds. The number of hydrogen-bond acceptors (Lipinski definition) is 3. The maximum atomic E-state index is 10.3. The summed E-state index contributed by atoms with van der Waals surface area (Å²) in [5, 5.41) is 8.50. The van der Waals surface area contributed by atoms with Crippen LogP contribution in [0.3, 0.4) is 0 Å². The van der Waals surface area contributed by atoms with Gasteiger partial charge in [-0.3, -0.25) is 0 Å². The third kappa shape index (κ3) is 4.89. The average molecular weight is 238 g/mol. The van der Waals surface area contributed by atoms with Crippen LogP contribution in [0.1, 0.15) is 5.56 Å². The van der Waals surface area contributed by atoms with Crippen LogP contribution < -0.4 is 4.74 Å². The van der Waals surface area contributed by atoms with Crippen LogP contribution in [-0.2, 0) is 4.79 Å². The Hall–Kier alpha value is -1.42. The van der Waals surface area contributed by atoms with E-state index in [9.17, 15) is 4.79 Å². The molecule has 1 rings (SSSR count). The standard InChI is InChI=1S/C12H14O3S/c1-16-8-7-15-11-4-2-3-10(9-11)5-6-12(13)14/h2-6,9H,7-8H2,1H3,(H,13,14)/b6-5+. The van der Waals surface area contributed by atoms with Crippen LogP contribution in [0.15, 0.2) is 30.3 Å². The molecule has 4 heteroatoms. The van der Waals surface area contributed by atoms with Gasteiger partial charge in [0.1, 0.15) is 5.75 Å². The van der Waals surface area contributed by atoms with Crippen LogP contribution in [0.4, 0.5) is 0 Å². The van der Waals surface area contributed by atoms with Gasteiger partial charge in [0.05, 0.1) is 6.61 Å². The fourth-order valence-corrected chi connectivity index (χ4v) is 1.37. The number of thioether (sulfide) groups is 1. The Morgan fingerprint density at radius 1 is 1.56 bits per heavy atom. The van der Waals surface area contributed by atoms with Crippen LogP contribution in [0.5, 0.6) is 5.75 Å². The molecule has 1 N–H and O–H groups in total. The van der Waals surface area contributed by atoms with Crippen molar-refractivity contribution in [2.24, 2.45) is 0 Å². The summed E-state index contributed by atoms with van der Waals surface area (Å²) in [7, 11) is 0. The molecule has 16 heavy (non-hydrogen) atoms. The largest absolute Gasteiger partial charge is 0.493 e. The Morgan fingerprint density at radius 2 is 2.38 bits per heavy atom. The molecule has 0 saturated carbocycles. The molecular weight excluding hydrogens is 224 g/mol. The minimum atomic E-state index is -0.950. The maximum absolute atomic E-state index is 10.3. The molecule has 0 aliphatic heterocycles. The lowest BCUT2D eigenvalue weighted by atomic mass is 10.2. The Bertz CT molecular complexity index is 374. The van der Waals surface area contributed by atoms with Gasteiger partial charge in [-0.1, -0.05) is 12.1 Å². The summed E-state index contributed by atoms with van der Waals surface area (Å²) >= 11 is 1.72. The highest BCUT2D eigenvalue weighted by Gasteiger charge is 1.95. The van der Waals surface area contributed by atoms with Crippen LogP contribution in [0.25, 0.3) is 6.08 Å². The van der Waals surface area contributed by atoms with E-state index in [1.807, 2.05) is 30.5 Å². The number of benzene rings is 1. The second-order valence-corrected chi connectivity index (χ2v) is 4.07. The molecule has 0 aliphatic carbocycles. The summed E-state index contributed by atoms with van der Waals surface area (Å²) in [5.41, 5.74) is 0.823. The van der Waals surface area contributed by atoms with Gasteiger partial charge in [0.2, 0.25) is 0 Å². The highest BCUT2D eigenvalue weighted by Crippen LogP contribution is 2.14. The van der Waals surface area contributed by atoms with Crippen LogP contribution in [0.2, 0.25) is 0 Å². The highest BCUT2D eigenvalue weighted by molar-refractivity contribution is 7.98. The lowest BCUT2D eigenvalue weighted by Crippen LogP contribution is -1.99. The quantitative estimate of drug-likeness (QED) is 0.611. The van der Waals surface area contributed by atoms with E-state index < -0.39 is 5.97 Å². The molecule has 0 bridgehead atoms. The summed E-state index contributed by atoms with van der Waals surface area (Å²) in [6.07, 6.45) is 4.68. The minimum absolute atomic E-state index is 0.660. The van der Waals surface area contributed by atoms with Crippen molar-refractivity contribution in [1.82, 2.24) is 0 Å². The Morgan fingerprint density at radius 3 is 3.06 bits per heavy atom. The predicted molar refractivity (Wildman–Crippen MR) is 67.0 cm³/mol. The first-order valence-electron chi connectivity index (χ1n) is 4.85. The van der Waals surface area contributed by atoms with Crippen molar-refractivity contribution >= 4 is 23.8 Å². The monoisotopic (exact) mass is 238 g/mol. The zero-order valence-electron chi connectivity index (χ0n) is 9.05. The van der Waals surface area contributed by atoms with E-state index in [-0.39, 0.29) is 0 Å². The van der Waals surface area contributed by atoms with E-state index in [0.29, 0.717) is 6.61 Å². The van der Waals surface area contributed by atoms with Gasteiger partial charge in [0, 0.05) is 11.8 Å². The maximum Gasteiger partial charge on any atom is 0.328 e. The summed E-state index contributed by atoms with van der Waals surface area (Å²) in [6.45, 7) is 0.660. The lowest BCUT2D eigenvalue weighted by Gasteiger charge is -2.05. The number of carboxylic acid groups (broad SMARTS) is 1. The van der Waals surface area contributed by atoms with Gasteiger partial charge in [-0.25, -0.2) is 4.79 Å². The predicted octanol–water partition coefficient (Wildman–Crippen LogP) is 2.53. The average Bonchev–Trinajstić information content (AvgIpc) is 2.27. The Kier molecular flexibility index (Phi) is 5.50. The smallest absolute Gasteiger partial charge is 0.328 e. The van der Waals surface area contributed by atoms with Crippen molar-refractivity contribution < 1.29 is 14.6 Å². The molecule has 0 atom stereocenters. The van der Waals surface area contributed by atoms with E-state index in [0.717, 1.165) is 23.1 Å². The van der Waals surface area contributed by atoms with E-state index in [4.69, 9.17) is 9.84 Å². The van der Waals surface area contributed by atoms with Crippen LogP contribution in [0, 0.1) is 0 Å². The molecule has 3 nitrogen and oxygen atoms in total. The molecule has 0 aromatic heterocycles. The third-order valence-corrected chi connectivity index (χ3v) is 2.41. The number of carboxylic acids is 1. The van der Waals surface area contributed by atoms with Crippen molar-refractivity contribution in [2.45, 2.75) is 0 Å². The summed E-state index contributed by atoms with van der Waals surface area (Å²) in [6, 6.07) is 7.36. The summed E-state index contributed by atoms with van der Waals surface area (Å²) < 4.78 is 5.49. The lowest BCUT2D eigenvalue weighted by molar-refractivity contribution is -0.131. The molecular formula is C12H14O3S. The van der Waals surface area contributed by atoms with E-state index >= 15 is 0 Å². The van der Waals surface area contributed by atoms with Gasteiger partial charge in [-0.15, -0.1) is 0 Å². The molecule has 0 fully saturated rings. The molecule has 0 spiro atoms. The summed E-state index contributed by atoms with van der Waals surface area (Å²) in [5.74, 6) is 0.755. The first kappa shape index (κ1) is 12.6. The molecule has 0 heterocycles. The van der Waals surface area contributed by atoms with Crippen molar-refractivity contribution in [3.63, 3.8) is 0 Å². The fraction of sp³-hybridized carbons (Fsp3) is 0.250. The van der Waals surface area contributed by atoms with Crippen molar-refractivity contribution in [1.29, 1.82) is 0 Å².